The number of nitrogen functional groups attached to an aromatic ring is 1. The zero-order valence-corrected chi connectivity index (χ0v) is 10.7. The lowest BCUT2D eigenvalue weighted by Gasteiger charge is -2.14. The van der Waals surface area contributed by atoms with Crippen molar-refractivity contribution in [1.82, 2.24) is 10.1 Å². The lowest BCUT2D eigenvalue weighted by atomic mass is 9.92. The van der Waals surface area contributed by atoms with Gasteiger partial charge in [-0.15, -0.1) is 0 Å². The first-order chi connectivity index (χ1) is 8.35. The largest absolute Gasteiger partial charge is 0.399 e. The van der Waals surface area contributed by atoms with E-state index in [-0.39, 0.29) is 16.9 Å². The Morgan fingerprint density at radius 2 is 2.06 bits per heavy atom. The van der Waals surface area contributed by atoms with E-state index in [9.17, 15) is 4.39 Å². The molecule has 0 saturated heterocycles. The average Bonchev–Trinajstić information content (AvgIpc) is 2.67. The minimum atomic E-state index is -0.421. The Morgan fingerprint density at radius 1 is 1.33 bits per heavy atom. The highest BCUT2D eigenvalue weighted by molar-refractivity contribution is 5.60. The van der Waals surface area contributed by atoms with E-state index in [1.165, 1.54) is 18.2 Å². The maximum Gasteiger partial charge on any atom is 0.260 e. The Bertz CT molecular complexity index is 558. The van der Waals surface area contributed by atoms with E-state index in [0.29, 0.717) is 17.9 Å². The molecule has 0 bridgehead atoms. The second-order valence-electron chi connectivity index (χ2n) is 5.49. The van der Waals surface area contributed by atoms with E-state index in [4.69, 9.17) is 10.3 Å². The molecule has 0 aliphatic heterocycles. The van der Waals surface area contributed by atoms with Gasteiger partial charge in [0.25, 0.3) is 5.89 Å². The molecule has 1 heterocycles. The van der Waals surface area contributed by atoms with Crippen LogP contribution in [0.1, 0.15) is 26.6 Å². The molecule has 1 aromatic heterocycles. The minimum Gasteiger partial charge on any atom is -0.399 e. The van der Waals surface area contributed by atoms with E-state index < -0.39 is 5.82 Å². The molecule has 18 heavy (non-hydrogen) atoms. The van der Waals surface area contributed by atoms with E-state index in [1.54, 1.807) is 0 Å². The minimum absolute atomic E-state index is 0.0510. The molecule has 0 amide bonds. The Labute approximate surface area is 105 Å². The second-order valence-corrected chi connectivity index (χ2v) is 5.49. The summed E-state index contributed by atoms with van der Waals surface area (Å²) >= 11 is 0. The molecule has 96 valence electrons. The third-order valence-corrected chi connectivity index (χ3v) is 2.38. The van der Waals surface area contributed by atoms with Crippen molar-refractivity contribution in [2.75, 3.05) is 5.73 Å². The molecule has 2 rings (SSSR count). The number of aromatic nitrogens is 2. The summed E-state index contributed by atoms with van der Waals surface area (Å²) in [4.78, 5) is 4.19. The van der Waals surface area contributed by atoms with Crippen LogP contribution in [-0.4, -0.2) is 10.1 Å². The van der Waals surface area contributed by atoms with Crippen LogP contribution < -0.4 is 5.73 Å². The van der Waals surface area contributed by atoms with Gasteiger partial charge in [-0.05, 0) is 23.6 Å². The summed E-state index contributed by atoms with van der Waals surface area (Å²) in [6, 6.07) is 4.27. The first-order valence-corrected chi connectivity index (χ1v) is 5.73. The highest BCUT2D eigenvalue weighted by Gasteiger charge is 2.18. The Hall–Kier alpha value is -1.91. The predicted molar refractivity (Wildman–Crippen MR) is 67.3 cm³/mol. The summed E-state index contributed by atoms with van der Waals surface area (Å²) < 4.78 is 18.7. The Balaban J connectivity index is 2.32. The summed E-state index contributed by atoms with van der Waals surface area (Å²) in [6.45, 7) is 6.22. The van der Waals surface area contributed by atoms with Crippen molar-refractivity contribution in [2.45, 2.75) is 27.2 Å². The van der Waals surface area contributed by atoms with Crippen LogP contribution in [0.4, 0.5) is 10.1 Å². The van der Waals surface area contributed by atoms with Crippen molar-refractivity contribution in [3.8, 4) is 11.5 Å². The van der Waals surface area contributed by atoms with Crippen LogP contribution in [0.2, 0.25) is 0 Å². The number of benzene rings is 1. The van der Waals surface area contributed by atoms with Gasteiger partial charge in [-0.25, -0.2) is 4.39 Å². The fourth-order valence-corrected chi connectivity index (χ4v) is 1.62. The van der Waals surface area contributed by atoms with Crippen LogP contribution >= 0.6 is 0 Å². The fraction of sp³-hybridized carbons (Fsp3) is 0.385. The molecule has 4 nitrogen and oxygen atoms in total. The quantitative estimate of drug-likeness (QED) is 0.831. The number of nitrogens with two attached hydrogens (primary N) is 1. The van der Waals surface area contributed by atoms with Crippen molar-refractivity contribution in [1.29, 1.82) is 0 Å². The first kappa shape index (κ1) is 12.5. The molecule has 0 spiro atoms. The standard InChI is InChI=1S/C13H16FN3O/c1-13(2,3)7-11-16-12(18-17-11)9-6-8(15)4-5-10(9)14/h4-6H,7,15H2,1-3H3. The first-order valence-electron chi connectivity index (χ1n) is 5.73. The number of nitrogens with zero attached hydrogens (tertiary/aromatic N) is 2. The van der Waals surface area contributed by atoms with Gasteiger partial charge in [0.15, 0.2) is 5.82 Å². The molecular formula is C13H16FN3O. The van der Waals surface area contributed by atoms with E-state index in [1.807, 2.05) is 0 Å². The number of hydrogen-bond donors (Lipinski definition) is 1. The zero-order valence-electron chi connectivity index (χ0n) is 10.7. The van der Waals surface area contributed by atoms with Gasteiger partial charge in [0.05, 0.1) is 5.56 Å². The van der Waals surface area contributed by atoms with Crippen LogP contribution in [0, 0.1) is 11.2 Å². The fourth-order valence-electron chi connectivity index (χ4n) is 1.62. The smallest absolute Gasteiger partial charge is 0.260 e. The third-order valence-electron chi connectivity index (χ3n) is 2.38. The van der Waals surface area contributed by atoms with E-state index in [0.717, 1.165) is 0 Å². The van der Waals surface area contributed by atoms with Gasteiger partial charge in [0.2, 0.25) is 0 Å². The summed E-state index contributed by atoms with van der Waals surface area (Å²) in [5.74, 6) is 0.313. The van der Waals surface area contributed by atoms with Gasteiger partial charge in [0.1, 0.15) is 5.82 Å². The van der Waals surface area contributed by atoms with Crippen LogP contribution in [0.5, 0.6) is 0 Å². The second kappa shape index (κ2) is 4.40. The number of halogens is 1. The van der Waals surface area contributed by atoms with Gasteiger partial charge in [-0.1, -0.05) is 25.9 Å². The predicted octanol–water partition coefficient (Wildman–Crippen LogP) is 3.05. The monoisotopic (exact) mass is 249 g/mol. The summed E-state index contributed by atoms with van der Waals surface area (Å²) in [5, 5.41) is 3.86. The molecule has 0 atom stereocenters. The van der Waals surface area contributed by atoms with Gasteiger partial charge >= 0.3 is 0 Å². The third kappa shape index (κ3) is 2.85. The number of rotatable bonds is 2. The van der Waals surface area contributed by atoms with Crippen LogP contribution in [0.15, 0.2) is 22.7 Å². The molecule has 5 heteroatoms. The van der Waals surface area contributed by atoms with Gasteiger partial charge < -0.3 is 10.3 Å². The van der Waals surface area contributed by atoms with Crippen LogP contribution in [0.25, 0.3) is 11.5 Å². The molecule has 2 N–H and O–H groups in total. The van der Waals surface area contributed by atoms with E-state index >= 15 is 0 Å². The van der Waals surface area contributed by atoms with Crippen LogP contribution in [-0.2, 0) is 6.42 Å². The van der Waals surface area contributed by atoms with Crippen molar-refractivity contribution in [3.63, 3.8) is 0 Å². The lowest BCUT2D eigenvalue weighted by Crippen LogP contribution is -2.10. The molecule has 1 aromatic carbocycles. The molecule has 0 aliphatic carbocycles. The normalized spacial score (nSPS) is 11.8. The van der Waals surface area contributed by atoms with E-state index in [2.05, 4.69) is 30.9 Å². The van der Waals surface area contributed by atoms with Crippen molar-refractivity contribution >= 4 is 5.69 Å². The summed E-state index contributed by atoms with van der Waals surface area (Å²) in [6.07, 6.45) is 0.667. The van der Waals surface area contributed by atoms with Crippen molar-refractivity contribution in [3.05, 3.63) is 29.8 Å². The van der Waals surface area contributed by atoms with Crippen molar-refractivity contribution < 1.29 is 8.91 Å². The number of anilines is 1. The van der Waals surface area contributed by atoms with Crippen molar-refractivity contribution in [2.24, 2.45) is 5.41 Å². The molecule has 0 saturated carbocycles. The maximum absolute atomic E-state index is 13.6. The molecule has 0 fully saturated rings. The molecule has 2 aromatic rings. The Kier molecular flexibility index (Phi) is 3.07. The zero-order chi connectivity index (χ0) is 13.3. The molecule has 0 radical (unpaired) electrons. The Morgan fingerprint density at radius 3 is 2.72 bits per heavy atom. The summed E-state index contributed by atoms with van der Waals surface area (Å²) in [7, 11) is 0. The van der Waals surface area contributed by atoms with Gasteiger partial charge in [0, 0.05) is 12.1 Å². The molecule has 0 aliphatic rings. The lowest BCUT2D eigenvalue weighted by molar-refractivity contribution is 0.374. The molecule has 0 unspecified atom stereocenters. The SMILES string of the molecule is CC(C)(C)Cc1noc(-c2cc(N)ccc2F)n1. The van der Waals surface area contributed by atoms with Gasteiger partial charge in [-0.3, -0.25) is 0 Å². The average molecular weight is 249 g/mol. The maximum atomic E-state index is 13.6. The van der Waals surface area contributed by atoms with Gasteiger partial charge in [-0.2, -0.15) is 4.98 Å². The highest BCUT2D eigenvalue weighted by Crippen LogP contribution is 2.25. The highest BCUT2D eigenvalue weighted by atomic mass is 19.1. The summed E-state index contributed by atoms with van der Waals surface area (Å²) in [5.41, 5.74) is 6.37. The van der Waals surface area contributed by atoms with Crippen LogP contribution in [0.3, 0.4) is 0 Å². The molecular weight excluding hydrogens is 233 g/mol. The topological polar surface area (TPSA) is 64.9 Å². The number of hydrogen-bond acceptors (Lipinski definition) is 4.